The fourth-order valence-corrected chi connectivity index (χ4v) is 3.28. The van der Waals surface area contributed by atoms with Crippen LogP contribution in [-0.2, 0) is 0 Å². The van der Waals surface area contributed by atoms with Crippen molar-refractivity contribution in [2.24, 2.45) is 0 Å². The quantitative estimate of drug-likeness (QED) is 0.271. The summed E-state index contributed by atoms with van der Waals surface area (Å²) in [6.45, 7) is 3.56. The summed E-state index contributed by atoms with van der Waals surface area (Å²) in [4.78, 5) is 17.4. The van der Waals surface area contributed by atoms with E-state index < -0.39 is 0 Å². The highest BCUT2D eigenvalue weighted by Crippen LogP contribution is 2.31. The third kappa shape index (κ3) is 3.69. The lowest BCUT2D eigenvalue weighted by atomic mass is 10.0. The van der Waals surface area contributed by atoms with E-state index in [9.17, 15) is 4.79 Å². The van der Waals surface area contributed by atoms with Crippen LogP contribution >= 0.6 is 22.9 Å². The maximum atomic E-state index is 12.6. The molecule has 0 aliphatic rings. The number of amides is 1. The molecule has 3 N–H and O–H groups in total. The molecule has 3 rings (SSSR count). The second-order valence-electron chi connectivity index (χ2n) is 6.14. The Morgan fingerprint density at radius 2 is 1.88 bits per heavy atom. The lowest BCUT2D eigenvalue weighted by molar-refractivity contribution is 0.0954. The van der Waals surface area contributed by atoms with Crippen molar-refractivity contribution in [2.75, 3.05) is 25.9 Å². The van der Waals surface area contributed by atoms with Gasteiger partial charge in [-0.25, -0.2) is 4.98 Å². The molecule has 0 aliphatic carbocycles. The second-order valence-corrected chi connectivity index (χ2v) is 7.78. The summed E-state index contributed by atoms with van der Waals surface area (Å²) in [5.74, 6) is -0.110. The van der Waals surface area contributed by atoms with Gasteiger partial charge in [0.1, 0.15) is 0 Å². The highest BCUT2D eigenvalue weighted by molar-refractivity contribution is 14.1. The number of nitrogens with zero attached hydrogens (tertiary/aromatic N) is 2. The molecule has 0 unspecified atom stereocenters. The van der Waals surface area contributed by atoms with Crippen LogP contribution in [0.2, 0.25) is 0 Å². The van der Waals surface area contributed by atoms with Crippen molar-refractivity contribution < 1.29 is 4.79 Å². The molecule has 1 heterocycles. The van der Waals surface area contributed by atoms with Crippen LogP contribution in [0.3, 0.4) is 0 Å². The smallest absolute Gasteiger partial charge is 0.253 e. The Morgan fingerprint density at radius 3 is 2.60 bits per heavy atom. The molecule has 0 atom stereocenters. The van der Waals surface area contributed by atoms with Crippen LogP contribution < -0.4 is 11.1 Å². The molecule has 25 heavy (non-hydrogen) atoms. The van der Waals surface area contributed by atoms with Crippen LogP contribution in [0.4, 0.5) is 5.69 Å². The van der Waals surface area contributed by atoms with Gasteiger partial charge in [-0.1, -0.05) is 30.3 Å². The second kappa shape index (κ2) is 7.53. The first-order valence-corrected chi connectivity index (χ1v) is 9.18. The number of nitrogens with one attached hydrogen (secondary N) is 1. The van der Waals surface area contributed by atoms with Crippen LogP contribution in [0.15, 0.2) is 36.4 Å². The number of para-hydroxylation sites is 2. The molecule has 6 heteroatoms. The highest BCUT2D eigenvalue weighted by atomic mass is 127. The third-order valence-corrected chi connectivity index (χ3v) is 4.73. The first-order valence-electron chi connectivity index (χ1n) is 8.21. The number of nitrogens with two attached hydrogens (primary N) is 1. The summed E-state index contributed by atoms with van der Waals surface area (Å²) in [6.07, 6.45) is 0.896. The number of hydrogen-bond acceptors (Lipinski definition) is 4. The minimum atomic E-state index is -0.110. The summed E-state index contributed by atoms with van der Waals surface area (Å²) in [5, 5.41) is 4.72. The van der Waals surface area contributed by atoms with Crippen LogP contribution in [0.25, 0.3) is 21.8 Å². The van der Waals surface area contributed by atoms with E-state index in [0.717, 1.165) is 34.8 Å². The van der Waals surface area contributed by atoms with E-state index >= 15 is 0 Å². The Kier molecular flexibility index (Phi) is 5.39. The van der Waals surface area contributed by atoms with Gasteiger partial charge >= 0.3 is 0 Å². The Hall–Kier alpha value is -1.93. The van der Waals surface area contributed by atoms with Crippen molar-refractivity contribution in [3.05, 3.63) is 47.5 Å². The molecule has 0 spiro atoms. The van der Waals surface area contributed by atoms with E-state index in [1.807, 2.05) is 44.3 Å². The molecule has 130 valence electrons. The van der Waals surface area contributed by atoms with Crippen molar-refractivity contribution >= 4 is 56.3 Å². The third-order valence-electron chi connectivity index (χ3n) is 4.25. The predicted molar refractivity (Wildman–Crippen MR) is 112 cm³/mol. The number of hydrogen-bond donors (Lipinski definition) is 2. The Labute approximate surface area is 161 Å². The van der Waals surface area contributed by atoms with E-state index in [-0.39, 0.29) is 5.91 Å². The Bertz CT molecular complexity index is 939. The number of benzene rings is 2. The monoisotopic (exact) mass is 448 g/mol. The van der Waals surface area contributed by atoms with E-state index in [0.29, 0.717) is 23.3 Å². The molecule has 0 saturated carbocycles. The summed E-state index contributed by atoms with van der Waals surface area (Å²) in [5.41, 5.74) is 10.2. The number of carbonyl (C=O) groups is 1. The van der Waals surface area contributed by atoms with E-state index in [1.165, 1.54) is 0 Å². The molecule has 0 fully saturated rings. The van der Waals surface area contributed by atoms with Crippen LogP contribution in [0.1, 0.15) is 22.3 Å². The van der Waals surface area contributed by atoms with Crippen molar-refractivity contribution in [1.82, 2.24) is 13.4 Å². The number of nitrogen functional groups attached to an aromatic ring is 1. The zero-order valence-corrected chi connectivity index (χ0v) is 16.5. The number of carbonyl (C=O) groups excluding carboxylic acids is 1. The van der Waals surface area contributed by atoms with Crippen molar-refractivity contribution in [3.63, 3.8) is 0 Å². The lowest BCUT2D eigenvalue weighted by Crippen LogP contribution is -2.26. The molecule has 0 saturated heterocycles. The van der Waals surface area contributed by atoms with Gasteiger partial charge in [0.25, 0.3) is 5.91 Å². The van der Waals surface area contributed by atoms with Gasteiger partial charge in [-0.2, -0.15) is 0 Å². The summed E-state index contributed by atoms with van der Waals surface area (Å²) < 4.78 is 2.07. The van der Waals surface area contributed by atoms with Gasteiger partial charge in [-0.3, -0.25) is 7.91 Å². The number of anilines is 1. The molecule has 5 nitrogen and oxygen atoms in total. The minimum absolute atomic E-state index is 0.110. The van der Waals surface area contributed by atoms with Gasteiger partial charge in [0, 0.05) is 46.7 Å². The first-order chi connectivity index (χ1) is 12.0. The lowest BCUT2D eigenvalue weighted by Gasteiger charge is -2.12. The number of fused-ring (bicyclic) bond motifs is 2. The molecule has 0 aliphatic heterocycles. The Balaban J connectivity index is 2.00. The molecule has 0 bridgehead atoms. The zero-order valence-electron chi connectivity index (χ0n) is 14.3. The average Bonchev–Trinajstić information content (AvgIpc) is 2.59. The molecule has 3 aromatic rings. The van der Waals surface area contributed by atoms with Crippen LogP contribution in [-0.4, -0.2) is 34.1 Å². The number of halogens is 1. The average molecular weight is 448 g/mol. The molecular weight excluding hydrogens is 427 g/mol. The van der Waals surface area contributed by atoms with Crippen molar-refractivity contribution in [3.8, 4) is 0 Å². The van der Waals surface area contributed by atoms with E-state index in [4.69, 9.17) is 10.7 Å². The first kappa shape index (κ1) is 17.9. The molecule has 1 aromatic heterocycles. The minimum Gasteiger partial charge on any atom is -0.398 e. The normalized spacial score (nSPS) is 11.4. The summed E-state index contributed by atoms with van der Waals surface area (Å²) in [6, 6.07) is 11.5. The van der Waals surface area contributed by atoms with Crippen molar-refractivity contribution in [1.29, 1.82) is 0 Å². The standard InChI is InChI=1S/C19H21IN4O/c1-12-6-3-7-13-16(21)14-8-4-9-15(18(14)23-17(12)13)19(25)22-10-5-11-24(2)20/h3-4,6-9H,5,10-11H2,1-2H3,(H2,21,23)(H,22,25). The topological polar surface area (TPSA) is 71.2 Å². The number of rotatable bonds is 5. The summed E-state index contributed by atoms with van der Waals surface area (Å²) in [7, 11) is 2.01. The van der Waals surface area contributed by atoms with Crippen LogP contribution in [0, 0.1) is 6.92 Å². The van der Waals surface area contributed by atoms with E-state index in [2.05, 4.69) is 31.3 Å². The van der Waals surface area contributed by atoms with Gasteiger partial charge in [0.15, 0.2) is 0 Å². The van der Waals surface area contributed by atoms with Crippen molar-refractivity contribution in [2.45, 2.75) is 13.3 Å². The fourth-order valence-electron chi connectivity index (χ4n) is 2.94. The zero-order chi connectivity index (χ0) is 18.0. The maximum absolute atomic E-state index is 12.6. The van der Waals surface area contributed by atoms with Gasteiger partial charge in [0.05, 0.1) is 22.3 Å². The van der Waals surface area contributed by atoms with Crippen LogP contribution in [0.5, 0.6) is 0 Å². The number of pyridine rings is 1. The van der Waals surface area contributed by atoms with Gasteiger partial charge in [-0.05, 0) is 32.0 Å². The Morgan fingerprint density at radius 1 is 1.20 bits per heavy atom. The summed E-state index contributed by atoms with van der Waals surface area (Å²) >= 11 is 2.23. The maximum Gasteiger partial charge on any atom is 0.253 e. The molecule has 0 radical (unpaired) electrons. The number of aryl methyl sites for hydroxylation is 1. The largest absolute Gasteiger partial charge is 0.398 e. The van der Waals surface area contributed by atoms with Gasteiger partial charge < -0.3 is 11.1 Å². The predicted octanol–water partition coefficient (Wildman–Crippen LogP) is 3.68. The highest BCUT2D eigenvalue weighted by Gasteiger charge is 2.15. The molecular formula is C19H21IN4O. The fraction of sp³-hybridized carbons (Fsp3) is 0.263. The number of aromatic nitrogens is 1. The van der Waals surface area contributed by atoms with Gasteiger partial charge in [-0.15, -0.1) is 0 Å². The van der Waals surface area contributed by atoms with E-state index in [1.54, 1.807) is 6.07 Å². The molecule has 1 amide bonds. The molecule has 2 aromatic carbocycles. The van der Waals surface area contributed by atoms with Gasteiger partial charge in [0.2, 0.25) is 0 Å². The SMILES string of the molecule is Cc1cccc2c(N)c3cccc(C(=O)NCCCN(C)I)c3nc12.